The minimum absolute atomic E-state index is 0.160. The molecule has 0 aromatic carbocycles. The summed E-state index contributed by atoms with van der Waals surface area (Å²) < 4.78 is 1.76. The predicted molar refractivity (Wildman–Crippen MR) is 82.8 cm³/mol. The normalized spacial score (nSPS) is 16.1. The van der Waals surface area contributed by atoms with E-state index < -0.39 is 0 Å². The van der Waals surface area contributed by atoms with E-state index in [1.165, 1.54) is 0 Å². The van der Waals surface area contributed by atoms with Crippen LogP contribution in [0.25, 0.3) is 0 Å². The quantitative estimate of drug-likeness (QED) is 0.641. The molecule has 7 heteroatoms. The van der Waals surface area contributed by atoms with Crippen LogP contribution in [0.3, 0.4) is 0 Å². The first-order valence-corrected chi connectivity index (χ1v) is 7.75. The molecule has 0 spiro atoms. The van der Waals surface area contributed by atoms with Crippen LogP contribution in [0, 0.1) is 23.0 Å². The summed E-state index contributed by atoms with van der Waals surface area (Å²) in [7, 11) is 0. The molecule has 0 radical (unpaired) electrons. The molecule has 0 aliphatic carbocycles. The molecule has 21 heavy (non-hydrogen) atoms. The van der Waals surface area contributed by atoms with E-state index in [9.17, 15) is 10.1 Å². The average molecular weight is 295 g/mol. The summed E-state index contributed by atoms with van der Waals surface area (Å²) in [5.41, 5.74) is 0.660. The summed E-state index contributed by atoms with van der Waals surface area (Å²) in [5, 5.41) is 19.1. The Kier molecular flexibility index (Phi) is 5.17. The van der Waals surface area contributed by atoms with Gasteiger partial charge in [0, 0.05) is 19.6 Å². The summed E-state index contributed by atoms with van der Waals surface area (Å²) in [6, 6.07) is 0. The number of hydrogen-bond donors (Lipinski definition) is 1. The molecule has 1 aromatic rings. The van der Waals surface area contributed by atoms with Gasteiger partial charge in [-0.1, -0.05) is 0 Å². The van der Waals surface area contributed by atoms with Crippen molar-refractivity contribution < 1.29 is 4.92 Å². The zero-order valence-corrected chi connectivity index (χ0v) is 13.1. The van der Waals surface area contributed by atoms with Gasteiger partial charge in [-0.25, -0.2) is 4.68 Å². The Morgan fingerprint density at radius 3 is 2.62 bits per heavy atom. The van der Waals surface area contributed by atoms with Gasteiger partial charge in [0.25, 0.3) is 0 Å². The molecule has 1 N–H and O–H groups in total. The lowest BCUT2D eigenvalue weighted by Crippen LogP contribution is -2.37. The molecule has 1 saturated heterocycles. The minimum atomic E-state index is -0.297. The summed E-state index contributed by atoms with van der Waals surface area (Å²) in [6.45, 7) is 10.1. The molecule has 0 amide bonds. The van der Waals surface area contributed by atoms with Crippen LogP contribution in [0.15, 0.2) is 0 Å². The standard InChI is InChI=1S/C14H25N5O2/c1-4-17(10-12-6-8-15-9-7-12)14-13(19(20)21)11(3)16-18(14)5-2/h12,15H,4-10H2,1-3H3. The lowest BCUT2D eigenvalue weighted by molar-refractivity contribution is -0.384. The van der Waals surface area contributed by atoms with Gasteiger partial charge in [-0.15, -0.1) is 0 Å². The first kappa shape index (κ1) is 15.8. The van der Waals surface area contributed by atoms with Crippen molar-refractivity contribution in [1.29, 1.82) is 0 Å². The van der Waals surface area contributed by atoms with Crippen molar-refractivity contribution in [2.75, 3.05) is 31.1 Å². The van der Waals surface area contributed by atoms with Crippen molar-refractivity contribution in [2.45, 2.75) is 40.2 Å². The Morgan fingerprint density at radius 1 is 1.43 bits per heavy atom. The Balaban J connectivity index is 2.29. The molecule has 0 saturated carbocycles. The number of hydrogen-bond acceptors (Lipinski definition) is 5. The molecule has 1 aliphatic rings. The van der Waals surface area contributed by atoms with E-state index in [0.717, 1.165) is 39.0 Å². The summed E-state index contributed by atoms with van der Waals surface area (Å²) in [6.07, 6.45) is 2.26. The highest BCUT2D eigenvalue weighted by Gasteiger charge is 2.30. The van der Waals surface area contributed by atoms with Crippen LogP contribution in [0.5, 0.6) is 0 Å². The van der Waals surface area contributed by atoms with Crippen LogP contribution in [0.4, 0.5) is 11.5 Å². The van der Waals surface area contributed by atoms with E-state index in [-0.39, 0.29) is 10.6 Å². The van der Waals surface area contributed by atoms with Gasteiger partial charge < -0.3 is 10.2 Å². The van der Waals surface area contributed by atoms with Gasteiger partial charge in [0.05, 0.1) is 4.92 Å². The second-order valence-corrected chi connectivity index (χ2v) is 5.56. The molecule has 0 unspecified atom stereocenters. The van der Waals surface area contributed by atoms with E-state index in [0.29, 0.717) is 24.0 Å². The summed E-state index contributed by atoms with van der Waals surface area (Å²) >= 11 is 0. The molecule has 0 atom stereocenters. The number of rotatable bonds is 6. The number of piperidine rings is 1. The van der Waals surface area contributed by atoms with Gasteiger partial charge in [-0.3, -0.25) is 10.1 Å². The van der Waals surface area contributed by atoms with E-state index >= 15 is 0 Å². The predicted octanol–water partition coefficient (Wildman–Crippen LogP) is 1.95. The lowest BCUT2D eigenvalue weighted by Gasteiger charge is -2.30. The zero-order valence-electron chi connectivity index (χ0n) is 13.1. The summed E-state index contributed by atoms with van der Waals surface area (Å²) in [5.74, 6) is 1.26. The van der Waals surface area contributed by atoms with Crippen LogP contribution in [-0.4, -0.2) is 40.9 Å². The maximum Gasteiger partial charge on any atom is 0.333 e. The molecule has 1 aromatic heterocycles. The SMILES string of the molecule is CCN(CC1CCNCC1)c1c([N+](=O)[O-])c(C)nn1CC. The smallest absolute Gasteiger partial charge is 0.333 e. The van der Waals surface area contributed by atoms with E-state index in [4.69, 9.17) is 0 Å². The molecule has 7 nitrogen and oxygen atoms in total. The van der Waals surface area contributed by atoms with Crippen molar-refractivity contribution in [2.24, 2.45) is 5.92 Å². The molecule has 0 bridgehead atoms. The Labute approximate surface area is 125 Å². The Hall–Kier alpha value is -1.63. The molecule has 2 rings (SSSR count). The van der Waals surface area contributed by atoms with E-state index in [1.807, 2.05) is 13.8 Å². The van der Waals surface area contributed by atoms with Gasteiger partial charge in [0.15, 0.2) is 0 Å². The third-order valence-electron chi connectivity index (χ3n) is 4.17. The highest BCUT2D eigenvalue weighted by molar-refractivity contribution is 5.61. The average Bonchev–Trinajstić information content (AvgIpc) is 2.82. The maximum atomic E-state index is 11.4. The number of nitro groups is 1. The zero-order chi connectivity index (χ0) is 15.4. The van der Waals surface area contributed by atoms with E-state index in [1.54, 1.807) is 11.6 Å². The van der Waals surface area contributed by atoms with Crippen molar-refractivity contribution in [3.05, 3.63) is 15.8 Å². The maximum absolute atomic E-state index is 11.4. The second-order valence-electron chi connectivity index (χ2n) is 5.56. The van der Waals surface area contributed by atoms with Crippen LogP contribution >= 0.6 is 0 Å². The van der Waals surface area contributed by atoms with Gasteiger partial charge in [0.1, 0.15) is 5.69 Å². The fourth-order valence-electron chi connectivity index (χ4n) is 3.05. The molecular weight excluding hydrogens is 270 g/mol. The number of aromatic nitrogens is 2. The number of anilines is 1. The third-order valence-corrected chi connectivity index (χ3v) is 4.17. The van der Waals surface area contributed by atoms with Crippen LogP contribution in [-0.2, 0) is 6.54 Å². The van der Waals surface area contributed by atoms with Crippen molar-refractivity contribution in [1.82, 2.24) is 15.1 Å². The first-order chi connectivity index (χ1) is 10.1. The van der Waals surface area contributed by atoms with Crippen LogP contribution in [0.1, 0.15) is 32.4 Å². The fraction of sp³-hybridized carbons (Fsp3) is 0.786. The van der Waals surface area contributed by atoms with Crippen molar-refractivity contribution >= 4 is 11.5 Å². The highest BCUT2D eigenvalue weighted by atomic mass is 16.6. The second kappa shape index (κ2) is 6.89. The molecule has 2 heterocycles. The van der Waals surface area contributed by atoms with E-state index in [2.05, 4.69) is 15.3 Å². The molecule has 1 aliphatic heterocycles. The van der Waals surface area contributed by atoms with Gasteiger partial charge >= 0.3 is 5.69 Å². The van der Waals surface area contributed by atoms with Gasteiger partial charge in [-0.05, 0) is 52.6 Å². The fourth-order valence-corrected chi connectivity index (χ4v) is 3.05. The lowest BCUT2D eigenvalue weighted by atomic mass is 9.97. The molecular formula is C14H25N5O2. The Morgan fingerprint density at radius 2 is 2.10 bits per heavy atom. The van der Waals surface area contributed by atoms with Crippen molar-refractivity contribution in [3.63, 3.8) is 0 Å². The molecule has 118 valence electrons. The number of aryl methyl sites for hydroxylation is 2. The van der Waals surface area contributed by atoms with Crippen LogP contribution < -0.4 is 10.2 Å². The topological polar surface area (TPSA) is 76.2 Å². The third kappa shape index (κ3) is 3.34. The number of nitrogens with one attached hydrogen (secondary N) is 1. The first-order valence-electron chi connectivity index (χ1n) is 7.75. The Bertz CT molecular complexity index is 494. The summed E-state index contributed by atoms with van der Waals surface area (Å²) in [4.78, 5) is 13.2. The highest BCUT2D eigenvalue weighted by Crippen LogP contribution is 2.32. The minimum Gasteiger partial charge on any atom is -0.351 e. The molecule has 1 fully saturated rings. The van der Waals surface area contributed by atoms with Gasteiger partial charge in [-0.2, -0.15) is 5.10 Å². The van der Waals surface area contributed by atoms with Crippen LogP contribution in [0.2, 0.25) is 0 Å². The van der Waals surface area contributed by atoms with Gasteiger partial charge in [0.2, 0.25) is 5.82 Å². The number of nitrogens with zero attached hydrogens (tertiary/aromatic N) is 4. The monoisotopic (exact) mass is 295 g/mol. The van der Waals surface area contributed by atoms with Crippen molar-refractivity contribution in [3.8, 4) is 0 Å². The largest absolute Gasteiger partial charge is 0.351 e.